The Morgan fingerprint density at radius 1 is 0.862 bits per heavy atom. The van der Waals surface area contributed by atoms with Crippen LogP contribution >= 0.6 is 11.3 Å². The molecular formula is C24H22N2O2S. The molecule has 146 valence electrons. The van der Waals surface area contributed by atoms with Crippen LogP contribution in [0.4, 0.5) is 0 Å². The first kappa shape index (κ1) is 19.2. The van der Waals surface area contributed by atoms with Gasteiger partial charge in [0.1, 0.15) is 5.70 Å². The number of amides is 2. The second-order valence-electron chi connectivity index (χ2n) is 7.22. The van der Waals surface area contributed by atoms with Crippen molar-refractivity contribution in [1.82, 2.24) is 9.80 Å². The summed E-state index contributed by atoms with van der Waals surface area (Å²) in [6, 6.07) is 21.7. The van der Waals surface area contributed by atoms with Crippen LogP contribution in [0, 0.1) is 6.92 Å². The van der Waals surface area contributed by atoms with E-state index >= 15 is 0 Å². The lowest BCUT2D eigenvalue weighted by molar-refractivity contribution is -0.138. The Labute approximate surface area is 174 Å². The average Bonchev–Trinajstić information content (AvgIpc) is 3.32. The van der Waals surface area contributed by atoms with Gasteiger partial charge in [-0.1, -0.05) is 66.2 Å². The summed E-state index contributed by atoms with van der Waals surface area (Å²) in [6.45, 7) is 2.85. The van der Waals surface area contributed by atoms with E-state index < -0.39 is 0 Å². The van der Waals surface area contributed by atoms with Crippen molar-refractivity contribution in [2.75, 3.05) is 7.05 Å². The molecule has 0 bridgehead atoms. The minimum Gasteiger partial charge on any atom is -0.365 e. The maximum Gasteiger partial charge on any atom is 0.278 e. The Hall–Kier alpha value is -3.18. The van der Waals surface area contributed by atoms with Gasteiger partial charge in [-0.05, 0) is 29.5 Å². The quantitative estimate of drug-likeness (QED) is 0.571. The van der Waals surface area contributed by atoms with Gasteiger partial charge in [-0.25, -0.2) is 0 Å². The van der Waals surface area contributed by atoms with E-state index in [1.807, 2.05) is 91.0 Å². The molecule has 2 heterocycles. The summed E-state index contributed by atoms with van der Waals surface area (Å²) in [6.07, 6.45) is 0. The van der Waals surface area contributed by atoms with E-state index in [1.165, 1.54) is 16.2 Å². The predicted octanol–water partition coefficient (Wildman–Crippen LogP) is 4.47. The van der Waals surface area contributed by atoms with Gasteiger partial charge in [-0.3, -0.25) is 14.5 Å². The summed E-state index contributed by atoms with van der Waals surface area (Å²) >= 11 is 1.48. The van der Waals surface area contributed by atoms with Crippen molar-refractivity contribution >= 4 is 28.7 Å². The van der Waals surface area contributed by atoms with Gasteiger partial charge < -0.3 is 4.90 Å². The van der Waals surface area contributed by atoms with Crippen LogP contribution < -0.4 is 0 Å². The summed E-state index contributed by atoms with van der Waals surface area (Å²) in [7, 11) is 1.87. The summed E-state index contributed by atoms with van der Waals surface area (Å²) in [5, 5.41) is 1.93. The number of hydrogen-bond donors (Lipinski definition) is 0. The van der Waals surface area contributed by atoms with Crippen LogP contribution in [0.5, 0.6) is 0 Å². The lowest BCUT2D eigenvalue weighted by Gasteiger charge is -2.21. The molecule has 0 saturated heterocycles. The number of carbonyl (C=O) groups is 2. The number of nitrogens with zero attached hydrogens (tertiary/aromatic N) is 2. The lowest BCUT2D eigenvalue weighted by atomic mass is 10.1. The third-order valence-electron chi connectivity index (χ3n) is 5.02. The summed E-state index contributed by atoms with van der Waals surface area (Å²) < 4.78 is 0. The first-order valence-corrected chi connectivity index (χ1v) is 10.4. The molecule has 1 aromatic heterocycles. The van der Waals surface area contributed by atoms with Crippen LogP contribution in [-0.4, -0.2) is 28.7 Å². The van der Waals surface area contributed by atoms with Crippen LogP contribution in [-0.2, 0) is 22.7 Å². The highest BCUT2D eigenvalue weighted by molar-refractivity contribution is 7.11. The van der Waals surface area contributed by atoms with Crippen LogP contribution in [0.15, 0.2) is 77.8 Å². The van der Waals surface area contributed by atoms with Crippen LogP contribution in [0.1, 0.15) is 21.6 Å². The van der Waals surface area contributed by atoms with Crippen LogP contribution in [0.25, 0.3) is 5.57 Å². The largest absolute Gasteiger partial charge is 0.365 e. The first-order chi connectivity index (χ1) is 14.0. The molecule has 1 aliphatic heterocycles. The second kappa shape index (κ2) is 8.05. The average molecular weight is 403 g/mol. The smallest absolute Gasteiger partial charge is 0.278 e. The van der Waals surface area contributed by atoms with Gasteiger partial charge in [0.2, 0.25) is 0 Å². The van der Waals surface area contributed by atoms with E-state index in [0.29, 0.717) is 17.8 Å². The highest BCUT2D eigenvalue weighted by Gasteiger charge is 2.41. The van der Waals surface area contributed by atoms with E-state index in [4.69, 9.17) is 0 Å². The number of carbonyl (C=O) groups excluding carboxylic acids is 2. The van der Waals surface area contributed by atoms with Crippen molar-refractivity contribution in [3.05, 3.63) is 99.4 Å². The number of imide groups is 1. The Kier molecular flexibility index (Phi) is 5.32. The molecule has 2 aromatic carbocycles. The van der Waals surface area contributed by atoms with Crippen molar-refractivity contribution in [3.8, 4) is 0 Å². The zero-order valence-corrected chi connectivity index (χ0v) is 17.3. The molecular weight excluding hydrogens is 380 g/mol. The molecule has 5 heteroatoms. The topological polar surface area (TPSA) is 40.6 Å². The molecule has 4 rings (SSSR count). The van der Waals surface area contributed by atoms with Crippen molar-refractivity contribution in [2.24, 2.45) is 0 Å². The molecule has 0 saturated carbocycles. The van der Waals surface area contributed by atoms with E-state index in [1.54, 1.807) is 0 Å². The molecule has 29 heavy (non-hydrogen) atoms. The van der Waals surface area contributed by atoms with E-state index in [-0.39, 0.29) is 18.4 Å². The van der Waals surface area contributed by atoms with Gasteiger partial charge in [0, 0.05) is 18.5 Å². The van der Waals surface area contributed by atoms with Gasteiger partial charge in [-0.2, -0.15) is 0 Å². The standard InChI is InChI=1S/C24H22N2O2S/c1-17-10-12-19(13-11-17)16-26-23(27)21(20-9-6-14-29-20)22(24(26)28)25(2)15-18-7-4-3-5-8-18/h3-14H,15-16H2,1-2H3. The van der Waals surface area contributed by atoms with Gasteiger partial charge in [0.05, 0.1) is 12.1 Å². The Bertz CT molecular complexity index is 1050. The van der Waals surface area contributed by atoms with Crippen molar-refractivity contribution in [1.29, 1.82) is 0 Å². The highest BCUT2D eigenvalue weighted by atomic mass is 32.1. The van der Waals surface area contributed by atoms with Crippen molar-refractivity contribution in [2.45, 2.75) is 20.0 Å². The summed E-state index contributed by atoms with van der Waals surface area (Å²) in [5.74, 6) is -0.467. The molecule has 3 aromatic rings. The van der Waals surface area contributed by atoms with Crippen molar-refractivity contribution in [3.63, 3.8) is 0 Å². The summed E-state index contributed by atoms with van der Waals surface area (Å²) in [5.41, 5.74) is 4.14. The van der Waals surface area contributed by atoms with Crippen molar-refractivity contribution < 1.29 is 9.59 Å². The van der Waals surface area contributed by atoms with E-state index in [0.717, 1.165) is 21.6 Å². The highest BCUT2D eigenvalue weighted by Crippen LogP contribution is 2.34. The Morgan fingerprint density at radius 2 is 1.59 bits per heavy atom. The number of thiophene rings is 1. The number of aryl methyl sites for hydroxylation is 1. The van der Waals surface area contributed by atoms with Crippen LogP contribution in [0.2, 0.25) is 0 Å². The number of hydrogen-bond acceptors (Lipinski definition) is 4. The zero-order valence-electron chi connectivity index (χ0n) is 16.5. The lowest BCUT2D eigenvalue weighted by Crippen LogP contribution is -2.33. The first-order valence-electron chi connectivity index (χ1n) is 9.49. The maximum absolute atomic E-state index is 13.3. The molecule has 2 amide bonds. The number of benzene rings is 2. The zero-order chi connectivity index (χ0) is 20.4. The fourth-order valence-corrected chi connectivity index (χ4v) is 4.28. The molecule has 0 N–H and O–H groups in total. The number of rotatable bonds is 6. The monoisotopic (exact) mass is 402 g/mol. The van der Waals surface area contributed by atoms with Gasteiger partial charge in [0.25, 0.3) is 11.8 Å². The molecule has 4 nitrogen and oxygen atoms in total. The molecule has 0 aliphatic carbocycles. The molecule has 1 aliphatic rings. The summed E-state index contributed by atoms with van der Waals surface area (Å²) in [4.78, 5) is 30.7. The molecule has 0 fully saturated rings. The Balaban J connectivity index is 1.68. The predicted molar refractivity (Wildman–Crippen MR) is 116 cm³/mol. The minimum absolute atomic E-state index is 0.229. The number of likely N-dealkylation sites (N-methyl/N-ethyl adjacent to an activating group) is 1. The van der Waals surface area contributed by atoms with E-state index in [9.17, 15) is 9.59 Å². The van der Waals surface area contributed by atoms with Crippen LogP contribution in [0.3, 0.4) is 0 Å². The molecule has 0 atom stereocenters. The molecule has 0 unspecified atom stereocenters. The SMILES string of the molecule is Cc1ccc(CN2C(=O)C(c3cccs3)=C(N(C)Cc3ccccc3)C2=O)cc1. The normalized spacial score (nSPS) is 14.1. The Morgan fingerprint density at radius 3 is 2.24 bits per heavy atom. The molecule has 0 radical (unpaired) electrons. The fraction of sp³-hybridized carbons (Fsp3) is 0.167. The molecule has 0 spiro atoms. The van der Waals surface area contributed by atoms with Gasteiger partial charge in [0.15, 0.2) is 0 Å². The van der Waals surface area contributed by atoms with Gasteiger partial charge in [-0.15, -0.1) is 11.3 Å². The van der Waals surface area contributed by atoms with E-state index in [2.05, 4.69) is 0 Å². The minimum atomic E-state index is -0.239. The second-order valence-corrected chi connectivity index (χ2v) is 8.17. The van der Waals surface area contributed by atoms with Gasteiger partial charge >= 0.3 is 0 Å². The third-order valence-corrected chi connectivity index (χ3v) is 5.90. The fourth-order valence-electron chi connectivity index (χ4n) is 3.52. The maximum atomic E-state index is 13.3. The third kappa shape index (κ3) is 3.87.